The highest BCUT2D eigenvalue weighted by Crippen LogP contribution is 2.33. The third kappa shape index (κ3) is 6.05. The van der Waals surface area contributed by atoms with Gasteiger partial charge in [-0.3, -0.25) is 4.68 Å². The Hall–Kier alpha value is -3.58. The van der Waals surface area contributed by atoms with E-state index < -0.39 is 11.4 Å². The molecule has 196 valence electrons. The van der Waals surface area contributed by atoms with Crippen molar-refractivity contribution in [3.05, 3.63) is 52.6 Å². The number of carbonyl (C=O) groups excluding carboxylic acids is 1. The average Bonchev–Trinajstić information content (AvgIpc) is 3.39. The zero-order valence-electron chi connectivity index (χ0n) is 21.2. The molecule has 4 rings (SSSR count). The van der Waals surface area contributed by atoms with Crippen LogP contribution in [0.4, 0.5) is 15.0 Å². The van der Waals surface area contributed by atoms with Crippen LogP contribution < -0.4 is 5.73 Å². The molecule has 1 aliphatic rings. The molecule has 3 aromatic rings. The van der Waals surface area contributed by atoms with E-state index in [1.807, 2.05) is 20.8 Å². The van der Waals surface area contributed by atoms with Crippen LogP contribution in [0.15, 0.2) is 30.6 Å². The van der Waals surface area contributed by atoms with Crippen molar-refractivity contribution < 1.29 is 13.9 Å². The number of benzene rings is 1. The molecular formula is C26H31ClFN7O2. The van der Waals surface area contributed by atoms with Crippen molar-refractivity contribution in [2.45, 2.75) is 64.6 Å². The number of nitrogens with zero attached hydrogens (tertiary/aromatic N) is 6. The maximum atomic E-state index is 13.8. The molecule has 0 spiro atoms. The summed E-state index contributed by atoms with van der Waals surface area (Å²) in [6, 6.07) is 6.82. The van der Waals surface area contributed by atoms with Crippen molar-refractivity contribution in [2.24, 2.45) is 0 Å². The largest absolute Gasteiger partial charge is 0.444 e. The molecule has 37 heavy (non-hydrogen) atoms. The number of halogens is 2. The minimum absolute atomic E-state index is 0.00258. The first-order valence-electron chi connectivity index (χ1n) is 12.3. The number of nitriles is 1. The summed E-state index contributed by atoms with van der Waals surface area (Å²) >= 11 is 6.08. The van der Waals surface area contributed by atoms with Gasteiger partial charge in [-0.2, -0.15) is 15.5 Å². The zero-order valence-corrected chi connectivity index (χ0v) is 22.0. The molecule has 0 bridgehead atoms. The molecule has 1 aromatic carbocycles. The number of likely N-dealkylation sites (tertiary alicyclic amines) is 1. The lowest BCUT2D eigenvalue weighted by molar-refractivity contribution is 0.0228. The fraction of sp³-hybridized carbons (Fsp3) is 0.462. The van der Waals surface area contributed by atoms with Crippen LogP contribution in [0.5, 0.6) is 0 Å². The molecule has 1 aliphatic heterocycles. The zero-order chi connectivity index (χ0) is 26.7. The standard InChI is InChI=1S/C26H31ClFN7O2/c1-26(2,3)37-25(36)33-11-5-8-19(9-6-12-33)35-24(30)20(13-29)23(32-35)18-14-31-34(16-18)15-17-7-4-10-21(28)22(17)27/h4,7,10,14,16,19H,5-6,8-9,11-12,15,30H2,1-3H3. The van der Waals surface area contributed by atoms with Crippen LogP contribution in [-0.2, 0) is 11.3 Å². The number of ether oxygens (including phenoxy) is 1. The normalized spacial score (nSPS) is 15.2. The lowest BCUT2D eigenvalue weighted by Gasteiger charge is -2.30. The van der Waals surface area contributed by atoms with Gasteiger partial charge in [0.15, 0.2) is 0 Å². The Kier molecular flexibility index (Phi) is 7.73. The van der Waals surface area contributed by atoms with Gasteiger partial charge in [0.25, 0.3) is 0 Å². The average molecular weight is 528 g/mol. The van der Waals surface area contributed by atoms with Crippen LogP contribution in [0.25, 0.3) is 11.3 Å². The number of rotatable bonds is 4. The Morgan fingerprint density at radius 3 is 2.65 bits per heavy atom. The highest BCUT2D eigenvalue weighted by atomic mass is 35.5. The minimum atomic E-state index is -0.535. The fourth-order valence-electron chi connectivity index (χ4n) is 4.50. The summed E-state index contributed by atoms with van der Waals surface area (Å²) in [4.78, 5) is 14.2. The number of nitrogen functional groups attached to an aromatic ring is 1. The summed E-state index contributed by atoms with van der Waals surface area (Å²) in [5.41, 5.74) is 7.83. The van der Waals surface area contributed by atoms with Gasteiger partial charge in [-0.1, -0.05) is 23.7 Å². The molecule has 11 heteroatoms. The second kappa shape index (κ2) is 10.8. The van der Waals surface area contributed by atoms with Crippen LogP contribution in [0, 0.1) is 17.1 Å². The van der Waals surface area contributed by atoms with Gasteiger partial charge < -0.3 is 15.4 Å². The molecule has 0 radical (unpaired) electrons. The number of hydrogen-bond donors (Lipinski definition) is 1. The maximum Gasteiger partial charge on any atom is 0.410 e. The van der Waals surface area contributed by atoms with Crippen LogP contribution >= 0.6 is 11.6 Å². The predicted molar refractivity (Wildman–Crippen MR) is 138 cm³/mol. The highest BCUT2D eigenvalue weighted by molar-refractivity contribution is 6.31. The number of hydrogen-bond acceptors (Lipinski definition) is 6. The van der Waals surface area contributed by atoms with Crippen molar-refractivity contribution in [1.82, 2.24) is 24.5 Å². The molecule has 0 saturated carbocycles. The van der Waals surface area contributed by atoms with E-state index in [9.17, 15) is 14.4 Å². The Morgan fingerprint density at radius 2 is 2.00 bits per heavy atom. The summed E-state index contributed by atoms with van der Waals surface area (Å²) in [6.45, 7) is 7.01. The smallest absolute Gasteiger partial charge is 0.410 e. The first-order valence-corrected chi connectivity index (χ1v) is 12.7. The van der Waals surface area contributed by atoms with E-state index in [-0.39, 0.29) is 23.7 Å². The topological polar surface area (TPSA) is 115 Å². The summed E-state index contributed by atoms with van der Waals surface area (Å²) in [7, 11) is 0. The van der Waals surface area contributed by atoms with Gasteiger partial charge >= 0.3 is 6.09 Å². The van der Waals surface area contributed by atoms with Crippen LogP contribution in [0.3, 0.4) is 0 Å². The van der Waals surface area contributed by atoms with E-state index in [0.29, 0.717) is 41.3 Å². The van der Waals surface area contributed by atoms with Crippen LogP contribution in [0.2, 0.25) is 5.02 Å². The monoisotopic (exact) mass is 527 g/mol. The first-order chi connectivity index (χ1) is 17.6. The summed E-state index contributed by atoms with van der Waals surface area (Å²) < 4.78 is 22.7. The van der Waals surface area contributed by atoms with Crippen molar-refractivity contribution in [3.8, 4) is 17.3 Å². The van der Waals surface area contributed by atoms with Gasteiger partial charge in [0.2, 0.25) is 0 Å². The molecule has 9 nitrogen and oxygen atoms in total. The third-order valence-electron chi connectivity index (χ3n) is 6.26. The fourth-order valence-corrected chi connectivity index (χ4v) is 4.69. The van der Waals surface area contributed by atoms with Gasteiger partial charge in [0.1, 0.15) is 34.6 Å². The number of anilines is 1. The Balaban J connectivity index is 1.50. The molecule has 0 aliphatic carbocycles. The number of carbonyl (C=O) groups is 1. The quantitative estimate of drug-likeness (QED) is 0.486. The second-order valence-electron chi connectivity index (χ2n) is 10.2. The lowest BCUT2D eigenvalue weighted by Crippen LogP contribution is -2.39. The van der Waals surface area contributed by atoms with Crippen molar-refractivity contribution in [1.29, 1.82) is 5.26 Å². The van der Waals surface area contributed by atoms with E-state index in [4.69, 9.17) is 27.2 Å². The van der Waals surface area contributed by atoms with Crippen LogP contribution in [-0.4, -0.2) is 49.2 Å². The van der Waals surface area contributed by atoms with Crippen LogP contribution in [0.1, 0.15) is 63.6 Å². The van der Waals surface area contributed by atoms with Gasteiger partial charge in [0.05, 0.1) is 23.8 Å². The third-order valence-corrected chi connectivity index (χ3v) is 6.68. The molecule has 1 fully saturated rings. The van der Waals surface area contributed by atoms with E-state index in [1.165, 1.54) is 6.07 Å². The highest BCUT2D eigenvalue weighted by Gasteiger charge is 2.27. The number of aromatic nitrogens is 4. The Labute approximate surface area is 220 Å². The molecule has 1 saturated heterocycles. The summed E-state index contributed by atoms with van der Waals surface area (Å²) in [5, 5.41) is 19.0. The first kappa shape index (κ1) is 26.5. The lowest BCUT2D eigenvalue weighted by atomic mass is 10.0. The Morgan fingerprint density at radius 1 is 1.30 bits per heavy atom. The van der Waals surface area contributed by atoms with Crippen molar-refractivity contribution in [2.75, 3.05) is 18.8 Å². The van der Waals surface area contributed by atoms with Crippen molar-refractivity contribution >= 4 is 23.5 Å². The van der Waals surface area contributed by atoms with Gasteiger partial charge in [-0.15, -0.1) is 0 Å². The maximum absolute atomic E-state index is 13.8. The molecule has 0 atom stereocenters. The molecular weight excluding hydrogens is 497 g/mol. The molecule has 1 amide bonds. The molecule has 2 aromatic heterocycles. The SMILES string of the molecule is CC(C)(C)OC(=O)N1CCCC(n2nc(-c3cnn(Cc4cccc(F)c4Cl)c3)c(C#N)c2N)CCC1. The summed E-state index contributed by atoms with van der Waals surface area (Å²) in [6.07, 6.45) is 6.08. The van der Waals surface area contributed by atoms with Gasteiger partial charge in [0, 0.05) is 24.8 Å². The predicted octanol–water partition coefficient (Wildman–Crippen LogP) is 5.39. The minimum Gasteiger partial charge on any atom is -0.444 e. The van der Waals surface area contributed by atoms with Gasteiger partial charge in [-0.05, 0) is 58.1 Å². The van der Waals surface area contributed by atoms with E-state index in [1.54, 1.807) is 38.8 Å². The van der Waals surface area contributed by atoms with Gasteiger partial charge in [-0.25, -0.2) is 13.9 Å². The van der Waals surface area contributed by atoms with Crippen molar-refractivity contribution in [3.63, 3.8) is 0 Å². The second-order valence-corrected chi connectivity index (χ2v) is 10.6. The molecule has 0 unspecified atom stereocenters. The Bertz CT molecular complexity index is 1310. The summed E-state index contributed by atoms with van der Waals surface area (Å²) in [5.74, 6) is -0.175. The van der Waals surface area contributed by atoms with E-state index in [0.717, 1.165) is 25.7 Å². The molecule has 3 heterocycles. The van der Waals surface area contributed by atoms with E-state index >= 15 is 0 Å². The number of amides is 1. The number of nitrogens with two attached hydrogens (primary N) is 1. The van der Waals surface area contributed by atoms with E-state index in [2.05, 4.69) is 11.2 Å². The molecule has 2 N–H and O–H groups in total.